The van der Waals surface area contributed by atoms with Gasteiger partial charge < -0.3 is 14.9 Å². The van der Waals surface area contributed by atoms with Crippen molar-refractivity contribution in [3.63, 3.8) is 0 Å². The second kappa shape index (κ2) is 6.15. The van der Waals surface area contributed by atoms with Crippen molar-refractivity contribution in [3.8, 4) is 11.3 Å². The molecular weight excluding hydrogens is 244 g/mol. The molecule has 0 aliphatic heterocycles. The molecule has 0 aliphatic carbocycles. The van der Waals surface area contributed by atoms with Gasteiger partial charge in [0.2, 0.25) is 0 Å². The van der Waals surface area contributed by atoms with Gasteiger partial charge in [-0.15, -0.1) is 0 Å². The molecule has 0 bridgehead atoms. The molecule has 0 aliphatic rings. The first-order valence-electron chi connectivity index (χ1n) is 6.12. The lowest BCUT2D eigenvalue weighted by atomic mass is 10.2. The van der Waals surface area contributed by atoms with E-state index >= 15 is 0 Å². The lowest BCUT2D eigenvalue weighted by Gasteiger charge is -2.07. The monoisotopic (exact) mass is 260 g/mol. The van der Waals surface area contributed by atoms with Crippen LogP contribution in [-0.2, 0) is 16.0 Å². The Bertz CT molecular complexity index is 537. The van der Waals surface area contributed by atoms with Crippen LogP contribution < -0.4 is 5.73 Å². The molecule has 0 radical (unpaired) electrons. The zero-order chi connectivity index (χ0) is 13.7. The fourth-order valence-electron chi connectivity index (χ4n) is 1.67. The standard InChI is InChI=1S/C14H16N2O3/c1-2-18-14(17)11(15)8-13-16-12(9-19-13)10-6-4-3-5-7-10/h3-7,9,11H,2,8,15H2,1H3. The summed E-state index contributed by atoms with van der Waals surface area (Å²) in [4.78, 5) is 15.7. The van der Waals surface area contributed by atoms with Gasteiger partial charge in [0.05, 0.1) is 13.0 Å². The van der Waals surface area contributed by atoms with Gasteiger partial charge in [0.1, 0.15) is 18.0 Å². The third-order valence-electron chi connectivity index (χ3n) is 2.61. The van der Waals surface area contributed by atoms with Gasteiger partial charge >= 0.3 is 5.97 Å². The molecule has 2 rings (SSSR count). The molecule has 2 aromatic rings. The minimum absolute atomic E-state index is 0.228. The van der Waals surface area contributed by atoms with Crippen LogP contribution in [0.2, 0.25) is 0 Å². The smallest absolute Gasteiger partial charge is 0.323 e. The molecular formula is C14H16N2O3. The van der Waals surface area contributed by atoms with Crippen LogP contribution in [0.15, 0.2) is 41.0 Å². The predicted molar refractivity (Wildman–Crippen MR) is 70.3 cm³/mol. The average Bonchev–Trinajstić information content (AvgIpc) is 2.88. The molecule has 1 aromatic heterocycles. The third-order valence-corrected chi connectivity index (χ3v) is 2.61. The maximum atomic E-state index is 11.4. The first-order valence-corrected chi connectivity index (χ1v) is 6.12. The zero-order valence-corrected chi connectivity index (χ0v) is 10.7. The molecule has 2 N–H and O–H groups in total. The number of nitrogens with two attached hydrogens (primary N) is 1. The van der Waals surface area contributed by atoms with Crippen LogP contribution in [0, 0.1) is 0 Å². The Hall–Kier alpha value is -2.14. The molecule has 100 valence electrons. The average molecular weight is 260 g/mol. The Labute approximate surface area is 111 Å². The number of carbonyl (C=O) groups is 1. The van der Waals surface area contributed by atoms with E-state index in [9.17, 15) is 4.79 Å². The van der Waals surface area contributed by atoms with E-state index in [0.29, 0.717) is 12.5 Å². The molecule has 0 amide bonds. The Kier molecular flexibility index (Phi) is 4.30. The number of benzene rings is 1. The van der Waals surface area contributed by atoms with Crippen LogP contribution in [0.3, 0.4) is 0 Å². The normalized spacial score (nSPS) is 12.1. The van der Waals surface area contributed by atoms with Crippen molar-refractivity contribution in [2.45, 2.75) is 19.4 Å². The second-order valence-corrected chi connectivity index (χ2v) is 4.06. The summed E-state index contributed by atoms with van der Waals surface area (Å²) in [5, 5.41) is 0. The molecule has 1 unspecified atom stereocenters. The fraction of sp³-hybridized carbons (Fsp3) is 0.286. The Balaban J connectivity index is 2.04. The summed E-state index contributed by atoms with van der Waals surface area (Å²) in [6.07, 6.45) is 1.79. The maximum Gasteiger partial charge on any atom is 0.323 e. The van der Waals surface area contributed by atoms with Crippen molar-refractivity contribution in [2.24, 2.45) is 5.73 Å². The van der Waals surface area contributed by atoms with Crippen molar-refractivity contribution >= 4 is 5.97 Å². The van der Waals surface area contributed by atoms with Crippen LogP contribution >= 0.6 is 0 Å². The number of esters is 1. The van der Waals surface area contributed by atoms with E-state index in [2.05, 4.69) is 4.98 Å². The van der Waals surface area contributed by atoms with Crippen LogP contribution in [0.4, 0.5) is 0 Å². The van der Waals surface area contributed by atoms with Crippen molar-refractivity contribution in [1.82, 2.24) is 4.98 Å². The van der Waals surface area contributed by atoms with E-state index < -0.39 is 12.0 Å². The van der Waals surface area contributed by atoms with Crippen LogP contribution in [0.1, 0.15) is 12.8 Å². The number of nitrogens with zero attached hydrogens (tertiary/aromatic N) is 1. The Morgan fingerprint density at radius 1 is 1.42 bits per heavy atom. The SMILES string of the molecule is CCOC(=O)C(N)Cc1nc(-c2ccccc2)co1. The lowest BCUT2D eigenvalue weighted by Crippen LogP contribution is -2.34. The maximum absolute atomic E-state index is 11.4. The van der Waals surface area contributed by atoms with Gasteiger partial charge in [0.25, 0.3) is 0 Å². The van der Waals surface area contributed by atoms with Crippen molar-refractivity contribution in [1.29, 1.82) is 0 Å². The van der Waals surface area contributed by atoms with E-state index in [-0.39, 0.29) is 6.42 Å². The number of carbonyl (C=O) groups excluding carboxylic acids is 1. The van der Waals surface area contributed by atoms with Gasteiger partial charge in [-0.25, -0.2) is 4.98 Å². The quantitative estimate of drug-likeness (QED) is 0.829. The molecule has 5 nitrogen and oxygen atoms in total. The second-order valence-electron chi connectivity index (χ2n) is 4.06. The van der Waals surface area contributed by atoms with Crippen molar-refractivity contribution < 1.29 is 13.9 Å². The minimum atomic E-state index is -0.748. The molecule has 0 fully saturated rings. The summed E-state index contributed by atoms with van der Waals surface area (Å²) in [5.74, 6) is -0.0126. The molecule has 0 saturated carbocycles. The predicted octanol–water partition coefficient (Wildman–Crippen LogP) is 1.77. The zero-order valence-electron chi connectivity index (χ0n) is 10.7. The number of aromatic nitrogens is 1. The number of oxazole rings is 1. The third kappa shape index (κ3) is 3.42. The molecule has 1 heterocycles. The molecule has 0 saturated heterocycles. The van der Waals surface area contributed by atoms with E-state index in [1.54, 1.807) is 13.2 Å². The van der Waals surface area contributed by atoms with Crippen LogP contribution in [0.25, 0.3) is 11.3 Å². The van der Waals surface area contributed by atoms with E-state index in [0.717, 1.165) is 11.3 Å². The molecule has 1 atom stereocenters. The van der Waals surface area contributed by atoms with E-state index in [4.69, 9.17) is 14.9 Å². The highest BCUT2D eigenvalue weighted by atomic mass is 16.5. The topological polar surface area (TPSA) is 78.4 Å². The number of hydrogen-bond donors (Lipinski definition) is 1. The Morgan fingerprint density at radius 2 is 2.16 bits per heavy atom. The summed E-state index contributed by atoms with van der Waals surface area (Å²) < 4.78 is 10.2. The highest BCUT2D eigenvalue weighted by Crippen LogP contribution is 2.18. The lowest BCUT2D eigenvalue weighted by molar-refractivity contribution is -0.144. The summed E-state index contributed by atoms with van der Waals surface area (Å²) in [6.45, 7) is 2.05. The van der Waals surface area contributed by atoms with Crippen LogP contribution in [0.5, 0.6) is 0 Å². The fourth-order valence-corrected chi connectivity index (χ4v) is 1.67. The first kappa shape index (κ1) is 13.3. The van der Waals surface area contributed by atoms with E-state index in [1.165, 1.54) is 0 Å². The van der Waals surface area contributed by atoms with Gasteiger partial charge in [-0.1, -0.05) is 30.3 Å². The van der Waals surface area contributed by atoms with Crippen LogP contribution in [-0.4, -0.2) is 23.6 Å². The summed E-state index contributed by atoms with van der Waals surface area (Å²) >= 11 is 0. The largest absolute Gasteiger partial charge is 0.465 e. The van der Waals surface area contributed by atoms with Gasteiger partial charge in [-0.05, 0) is 6.92 Å². The number of hydrogen-bond acceptors (Lipinski definition) is 5. The first-order chi connectivity index (χ1) is 9.20. The highest BCUT2D eigenvalue weighted by Gasteiger charge is 2.18. The molecule has 1 aromatic carbocycles. The van der Waals surface area contributed by atoms with E-state index in [1.807, 2.05) is 30.3 Å². The number of ether oxygens (including phenoxy) is 1. The summed E-state index contributed by atoms with van der Waals surface area (Å²) in [6, 6.07) is 8.91. The van der Waals surface area contributed by atoms with Gasteiger partial charge in [0.15, 0.2) is 5.89 Å². The van der Waals surface area contributed by atoms with Crippen molar-refractivity contribution in [2.75, 3.05) is 6.61 Å². The van der Waals surface area contributed by atoms with Gasteiger partial charge in [-0.2, -0.15) is 0 Å². The Morgan fingerprint density at radius 3 is 2.84 bits per heavy atom. The summed E-state index contributed by atoms with van der Waals surface area (Å²) in [5.41, 5.74) is 7.40. The van der Waals surface area contributed by atoms with Gasteiger partial charge in [-0.3, -0.25) is 4.79 Å². The highest BCUT2D eigenvalue weighted by molar-refractivity contribution is 5.75. The summed E-state index contributed by atoms with van der Waals surface area (Å²) in [7, 11) is 0. The van der Waals surface area contributed by atoms with Gasteiger partial charge in [0, 0.05) is 5.56 Å². The molecule has 19 heavy (non-hydrogen) atoms. The number of rotatable bonds is 5. The minimum Gasteiger partial charge on any atom is -0.465 e. The van der Waals surface area contributed by atoms with Crippen molar-refractivity contribution in [3.05, 3.63) is 42.5 Å². The molecule has 5 heteroatoms. The molecule has 0 spiro atoms.